The predicted octanol–water partition coefficient (Wildman–Crippen LogP) is 3.13. The third-order valence-corrected chi connectivity index (χ3v) is 4.41. The molecule has 2 fully saturated rings. The summed E-state index contributed by atoms with van der Waals surface area (Å²) in [6, 6.07) is 0. The summed E-state index contributed by atoms with van der Waals surface area (Å²) in [6.07, 6.45) is 11.4. The van der Waals surface area contributed by atoms with Crippen molar-refractivity contribution in [2.75, 3.05) is 13.2 Å². The van der Waals surface area contributed by atoms with Gasteiger partial charge >= 0.3 is 0 Å². The van der Waals surface area contributed by atoms with Gasteiger partial charge in [-0.1, -0.05) is 32.1 Å². The second-order valence-electron chi connectivity index (χ2n) is 5.60. The van der Waals surface area contributed by atoms with Gasteiger partial charge in [0, 0.05) is 13.2 Å². The average molecular weight is 226 g/mol. The zero-order chi connectivity index (χ0) is 11.2. The molecule has 94 valence electrons. The van der Waals surface area contributed by atoms with Gasteiger partial charge in [0.15, 0.2) is 0 Å². The molecule has 0 radical (unpaired) electrons. The van der Waals surface area contributed by atoms with Crippen LogP contribution in [0.15, 0.2) is 0 Å². The van der Waals surface area contributed by atoms with Gasteiger partial charge in [0.05, 0.1) is 6.10 Å². The number of aliphatic hydroxyl groups excluding tert-OH is 1. The van der Waals surface area contributed by atoms with E-state index in [-0.39, 0.29) is 6.10 Å². The lowest BCUT2D eigenvalue weighted by Crippen LogP contribution is -2.27. The van der Waals surface area contributed by atoms with Crippen LogP contribution < -0.4 is 0 Å². The lowest BCUT2D eigenvalue weighted by molar-refractivity contribution is 0.00216. The van der Waals surface area contributed by atoms with Crippen LogP contribution in [-0.2, 0) is 4.74 Å². The van der Waals surface area contributed by atoms with Crippen molar-refractivity contribution in [3.63, 3.8) is 0 Å². The third kappa shape index (κ3) is 3.74. The van der Waals surface area contributed by atoms with Crippen molar-refractivity contribution >= 4 is 0 Å². The van der Waals surface area contributed by atoms with Crippen LogP contribution in [0.2, 0.25) is 0 Å². The molecule has 1 heterocycles. The molecule has 0 aromatic carbocycles. The lowest BCUT2D eigenvalue weighted by atomic mass is 9.83. The average Bonchev–Trinajstić information content (AvgIpc) is 2.38. The van der Waals surface area contributed by atoms with Crippen molar-refractivity contribution in [2.45, 2.75) is 63.9 Å². The molecule has 2 rings (SSSR count). The van der Waals surface area contributed by atoms with Crippen LogP contribution in [0.5, 0.6) is 0 Å². The number of hydrogen-bond acceptors (Lipinski definition) is 2. The Morgan fingerprint density at radius 1 is 1.00 bits per heavy atom. The second kappa shape index (κ2) is 6.61. The molecule has 1 unspecified atom stereocenters. The highest BCUT2D eigenvalue weighted by Gasteiger charge is 2.23. The summed E-state index contributed by atoms with van der Waals surface area (Å²) in [6.45, 7) is 1.70. The molecular weight excluding hydrogens is 200 g/mol. The van der Waals surface area contributed by atoms with Gasteiger partial charge in [0.25, 0.3) is 0 Å². The van der Waals surface area contributed by atoms with E-state index in [0.717, 1.165) is 38.4 Å². The van der Waals surface area contributed by atoms with Crippen LogP contribution in [0, 0.1) is 11.8 Å². The van der Waals surface area contributed by atoms with E-state index in [4.69, 9.17) is 4.74 Å². The summed E-state index contributed by atoms with van der Waals surface area (Å²) in [5, 5.41) is 10.1. The van der Waals surface area contributed by atoms with Crippen LogP contribution >= 0.6 is 0 Å². The molecule has 2 nitrogen and oxygen atoms in total. The topological polar surface area (TPSA) is 29.5 Å². The van der Waals surface area contributed by atoms with E-state index in [0.29, 0.717) is 5.92 Å². The van der Waals surface area contributed by atoms with Crippen LogP contribution in [0.3, 0.4) is 0 Å². The van der Waals surface area contributed by atoms with Crippen molar-refractivity contribution in [1.29, 1.82) is 0 Å². The first-order valence-corrected chi connectivity index (χ1v) is 7.12. The van der Waals surface area contributed by atoms with Crippen molar-refractivity contribution in [3.05, 3.63) is 0 Å². The minimum Gasteiger partial charge on any atom is -0.393 e. The maximum absolute atomic E-state index is 10.1. The molecule has 16 heavy (non-hydrogen) atoms. The highest BCUT2D eigenvalue weighted by molar-refractivity contribution is 4.74. The van der Waals surface area contributed by atoms with Gasteiger partial charge in [-0.3, -0.25) is 0 Å². The number of aliphatic hydroxyl groups is 1. The number of ether oxygens (including phenoxy) is 1. The fraction of sp³-hybridized carbons (Fsp3) is 1.00. The Kier molecular flexibility index (Phi) is 5.11. The molecule has 1 aliphatic heterocycles. The third-order valence-electron chi connectivity index (χ3n) is 4.41. The van der Waals surface area contributed by atoms with E-state index >= 15 is 0 Å². The molecule has 0 aromatic rings. The fourth-order valence-corrected chi connectivity index (χ4v) is 3.22. The molecule has 0 aromatic heterocycles. The SMILES string of the molecule is OC(CCC1CCCCC1)C1CCOCC1. The van der Waals surface area contributed by atoms with E-state index in [1.807, 2.05) is 0 Å². The van der Waals surface area contributed by atoms with Gasteiger partial charge in [-0.15, -0.1) is 0 Å². The van der Waals surface area contributed by atoms with Crippen molar-refractivity contribution < 1.29 is 9.84 Å². The first-order valence-electron chi connectivity index (χ1n) is 7.12. The van der Waals surface area contributed by atoms with Crippen LogP contribution in [-0.4, -0.2) is 24.4 Å². The van der Waals surface area contributed by atoms with E-state index in [2.05, 4.69) is 0 Å². The van der Waals surface area contributed by atoms with Gasteiger partial charge in [0.1, 0.15) is 0 Å². The smallest absolute Gasteiger partial charge is 0.0570 e. The molecule has 2 heteroatoms. The molecule has 1 atom stereocenters. The molecule has 1 saturated heterocycles. The minimum atomic E-state index is -0.0640. The van der Waals surface area contributed by atoms with Crippen LogP contribution in [0.25, 0.3) is 0 Å². The summed E-state index contributed by atoms with van der Waals surface area (Å²) in [4.78, 5) is 0. The standard InChI is InChI=1S/C14H26O2/c15-14(13-8-10-16-11-9-13)7-6-12-4-2-1-3-5-12/h12-15H,1-11H2. The Hall–Kier alpha value is -0.0800. The van der Waals surface area contributed by atoms with E-state index in [9.17, 15) is 5.11 Å². The molecule has 0 amide bonds. The summed E-state index contributed by atoms with van der Waals surface area (Å²) in [7, 11) is 0. The summed E-state index contributed by atoms with van der Waals surface area (Å²) in [5.74, 6) is 1.42. The molecule has 1 saturated carbocycles. The molecule has 1 aliphatic carbocycles. The highest BCUT2D eigenvalue weighted by Crippen LogP contribution is 2.30. The Balaban J connectivity index is 1.63. The van der Waals surface area contributed by atoms with Crippen molar-refractivity contribution in [1.82, 2.24) is 0 Å². The van der Waals surface area contributed by atoms with Crippen molar-refractivity contribution in [3.8, 4) is 0 Å². The molecule has 2 aliphatic rings. The molecule has 0 spiro atoms. The van der Waals surface area contributed by atoms with Crippen molar-refractivity contribution in [2.24, 2.45) is 11.8 Å². The number of rotatable bonds is 4. The first kappa shape index (κ1) is 12.4. The predicted molar refractivity (Wildman–Crippen MR) is 65.4 cm³/mol. The van der Waals surface area contributed by atoms with Gasteiger partial charge in [-0.2, -0.15) is 0 Å². The first-order chi connectivity index (χ1) is 7.86. The molecule has 0 bridgehead atoms. The van der Waals surface area contributed by atoms with Gasteiger partial charge in [0.2, 0.25) is 0 Å². The Morgan fingerprint density at radius 2 is 1.69 bits per heavy atom. The minimum absolute atomic E-state index is 0.0640. The maximum Gasteiger partial charge on any atom is 0.0570 e. The lowest BCUT2D eigenvalue weighted by Gasteiger charge is -2.28. The second-order valence-corrected chi connectivity index (χ2v) is 5.60. The fourth-order valence-electron chi connectivity index (χ4n) is 3.22. The normalized spacial score (nSPS) is 26.8. The summed E-state index contributed by atoms with van der Waals surface area (Å²) < 4.78 is 5.33. The molecule has 1 N–H and O–H groups in total. The monoisotopic (exact) mass is 226 g/mol. The Morgan fingerprint density at radius 3 is 2.38 bits per heavy atom. The zero-order valence-electron chi connectivity index (χ0n) is 10.4. The summed E-state index contributed by atoms with van der Waals surface area (Å²) in [5.41, 5.74) is 0. The quantitative estimate of drug-likeness (QED) is 0.798. The largest absolute Gasteiger partial charge is 0.393 e. The summed E-state index contributed by atoms with van der Waals surface area (Å²) >= 11 is 0. The highest BCUT2D eigenvalue weighted by atomic mass is 16.5. The van der Waals surface area contributed by atoms with E-state index < -0.39 is 0 Å². The van der Waals surface area contributed by atoms with E-state index in [1.165, 1.54) is 38.5 Å². The molecular formula is C14H26O2. The van der Waals surface area contributed by atoms with Crippen LogP contribution in [0.1, 0.15) is 57.8 Å². The van der Waals surface area contributed by atoms with Gasteiger partial charge < -0.3 is 9.84 Å². The Labute approximate surface area is 99.4 Å². The van der Waals surface area contributed by atoms with E-state index in [1.54, 1.807) is 0 Å². The maximum atomic E-state index is 10.1. The number of hydrogen-bond donors (Lipinski definition) is 1. The van der Waals surface area contributed by atoms with Crippen LogP contribution in [0.4, 0.5) is 0 Å². The van der Waals surface area contributed by atoms with Gasteiger partial charge in [-0.25, -0.2) is 0 Å². The zero-order valence-corrected chi connectivity index (χ0v) is 10.4. The van der Waals surface area contributed by atoms with Gasteiger partial charge in [-0.05, 0) is 37.5 Å². The Bertz CT molecular complexity index is 181.